The summed E-state index contributed by atoms with van der Waals surface area (Å²) in [7, 11) is 1.83. The molecule has 18 heavy (non-hydrogen) atoms. The van der Waals surface area contributed by atoms with Crippen LogP contribution in [0.15, 0.2) is 45.9 Å². The van der Waals surface area contributed by atoms with Crippen molar-refractivity contribution < 1.29 is 0 Å². The lowest BCUT2D eigenvalue weighted by molar-refractivity contribution is 1.10. The summed E-state index contributed by atoms with van der Waals surface area (Å²) < 4.78 is 0. The molecule has 0 saturated heterocycles. The van der Waals surface area contributed by atoms with Gasteiger partial charge < -0.3 is 5.32 Å². The third-order valence-corrected chi connectivity index (χ3v) is 4.20. The Morgan fingerprint density at radius 1 is 1.17 bits per heavy atom. The largest absolute Gasteiger partial charge is 0.357 e. The highest BCUT2D eigenvalue weighted by atomic mass is 32.2. The molecule has 0 spiro atoms. The van der Waals surface area contributed by atoms with Crippen molar-refractivity contribution in [3.8, 4) is 0 Å². The summed E-state index contributed by atoms with van der Waals surface area (Å²) >= 11 is 3.25. The number of hydrogen-bond acceptors (Lipinski definition) is 6. The molecule has 0 saturated carbocycles. The quantitative estimate of drug-likeness (QED) is 0.743. The molecule has 0 fully saturated rings. The number of nitrogens with zero attached hydrogens (tertiary/aromatic N) is 3. The summed E-state index contributed by atoms with van der Waals surface area (Å²) in [4.78, 5) is 15.1. The summed E-state index contributed by atoms with van der Waals surface area (Å²) in [6.07, 6.45) is 3.57. The molecule has 90 valence electrons. The molecule has 1 N–H and O–H groups in total. The van der Waals surface area contributed by atoms with Crippen molar-refractivity contribution in [3.05, 3.63) is 36.0 Å². The summed E-state index contributed by atoms with van der Waals surface area (Å²) in [5.41, 5.74) is 0. The van der Waals surface area contributed by atoms with Gasteiger partial charge >= 0.3 is 0 Å². The molecule has 0 aromatic carbocycles. The van der Waals surface area contributed by atoms with Crippen molar-refractivity contribution >= 4 is 39.3 Å². The Balaban J connectivity index is 2.07. The van der Waals surface area contributed by atoms with E-state index in [0.29, 0.717) is 5.95 Å². The zero-order chi connectivity index (χ0) is 12.4. The molecule has 0 atom stereocenters. The number of thiophene rings is 1. The van der Waals surface area contributed by atoms with Gasteiger partial charge in [0.25, 0.3) is 0 Å². The summed E-state index contributed by atoms with van der Waals surface area (Å²) in [6, 6.07) is 6.01. The van der Waals surface area contributed by atoms with E-state index in [0.717, 1.165) is 20.1 Å². The van der Waals surface area contributed by atoms with Crippen molar-refractivity contribution in [1.82, 2.24) is 15.0 Å². The third kappa shape index (κ3) is 2.16. The first-order valence-electron chi connectivity index (χ1n) is 5.37. The molecule has 0 amide bonds. The van der Waals surface area contributed by atoms with Gasteiger partial charge in [0.15, 0.2) is 0 Å². The molecular formula is C12H10N4S2. The smallest absolute Gasteiger partial charge is 0.224 e. The lowest BCUT2D eigenvalue weighted by Crippen LogP contribution is -1.96. The van der Waals surface area contributed by atoms with E-state index in [1.54, 1.807) is 35.5 Å². The van der Waals surface area contributed by atoms with E-state index in [-0.39, 0.29) is 0 Å². The molecule has 0 bridgehead atoms. The van der Waals surface area contributed by atoms with Crippen molar-refractivity contribution in [2.75, 3.05) is 12.4 Å². The number of rotatable bonds is 3. The van der Waals surface area contributed by atoms with E-state index in [4.69, 9.17) is 0 Å². The fourth-order valence-corrected chi connectivity index (χ4v) is 3.25. The minimum atomic E-state index is 0.654. The Kier molecular flexibility index (Phi) is 3.12. The molecule has 4 nitrogen and oxygen atoms in total. The van der Waals surface area contributed by atoms with E-state index in [2.05, 4.69) is 26.3 Å². The van der Waals surface area contributed by atoms with Crippen LogP contribution < -0.4 is 5.32 Å². The number of fused-ring (bicyclic) bond motifs is 1. The standard InChI is InChI=1S/C12H10N4S2/c1-13-12-15-10-9(4-7-17-10)11(16-12)18-8-2-5-14-6-3-8/h2-7H,1H3,(H,13,15,16). The number of aromatic nitrogens is 3. The van der Waals surface area contributed by atoms with Gasteiger partial charge in [-0.25, -0.2) is 9.97 Å². The van der Waals surface area contributed by atoms with Crippen LogP contribution in [0, 0.1) is 0 Å². The van der Waals surface area contributed by atoms with Crippen molar-refractivity contribution in [3.63, 3.8) is 0 Å². The second kappa shape index (κ2) is 4.91. The first kappa shape index (κ1) is 11.4. The van der Waals surface area contributed by atoms with Crippen molar-refractivity contribution in [2.45, 2.75) is 9.92 Å². The van der Waals surface area contributed by atoms with Crippen LogP contribution in [0.25, 0.3) is 10.2 Å². The molecule has 0 aliphatic rings. The Morgan fingerprint density at radius 2 is 2.00 bits per heavy atom. The monoisotopic (exact) mass is 274 g/mol. The molecule has 3 rings (SSSR count). The van der Waals surface area contributed by atoms with E-state index in [9.17, 15) is 0 Å². The van der Waals surface area contributed by atoms with Gasteiger partial charge in [0.05, 0.1) is 0 Å². The molecule has 0 aliphatic heterocycles. The maximum atomic E-state index is 4.51. The van der Waals surface area contributed by atoms with Crippen molar-refractivity contribution in [2.24, 2.45) is 0 Å². The van der Waals surface area contributed by atoms with Gasteiger partial charge in [-0.2, -0.15) is 0 Å². The topological polar surface area (TPSA) is 50.7 Å². The van der Waals surface area contributed by atoms with Gasteiger partial charge in [-0.05, 0) is 23.6 Å². The highest BCUT2D eigenvalue weighted by molar-refractivity contribution is 7.99. The summed E-state index contributed by atoms with van der Waals surface area (Å²) in [6.45, 7) is 0. The van der Waals surface area contributed by atoms with Crippen LogP contribution >= 0.6 is 23.1 Å². The van der Waals surface area contributed by atoms with Gasteiger partial charge in [-0.3, -0.25) is 4.98 Å². The maximum Gasteiger partial charge on any atom is 0.224 e. The lowest BCUT2D eigenvalue weighted by Gasteiger charge is -2.04. The Morgan fingerprint density at radius 3 is 2.78 bits per heavy atom. The highest BCUT2D eigenvalue weighted by Gasteiger charge is 2.09. The van der Waals surface area contributed by atoms with Crippen LogP contribution in [0.2, 0.25) is 0 Å². The second-order valence-electron chi connectivity index (χ2n) is 3.53. The van der Waals surface area contributed by atoms with Gasteiger partial charge in [0.2, 0.25) is 5.95 Å². The number of nitrogens with one attached hydrogen (secondary N) is 1. The van der Waals surface area contributed by atoms with Gasteiger partial charge in [0.1, 0.15) is 9.86 Å². The Labute approximate surface area is 113 Å². The molecule has 3 aromatic rings. The van der Waals surface area contributed by atoms with Gasteiger partial charge in [-0.15, -0.1) is 11.3 Å². The van der Waals surface area contributed by atoms with Crippen LogP contribution in [0.4, 0.5) is 5.95 Å². The Hall–Kier alpha value is -1.66. The number of pyridine rings is 1. The van der Waals surface area contributed by atoms with Gasteiger partial charge in [-0.1, -0.05) is 11.8 Å². The summed E-state index contributed by atoms with van der Waals surface area (Å²) in [5.74, 6) is 0.654. The average Bonchev–Trinajstić information content (AvgIpc) is 2.88. The molecular weight excluding hydrogens is 264 g/mol. The zero-order valence-electron chi connectivity index (χ0n) is 9.62. The highest BCUT2D eigenvalue weighted by Crippen LogP contribution is 2.33. The normalized spacial score (nSPS) is 10.7. The molecule has 0 aliphatic carbocycles. The molecule has 3 heterocycles. The van der Waals surface area contributed by atoms with Crippen LogP contribution in [0.3, 0.4) is 0 Å². The first-order chi connectivity index (χ1) is 8.86. The second-order valence-corrected chi connectivity index (χ2v) is 5.48. The minimum Gasteiger partial charge on any atom is -0.357 e. The first-order valence-corrected chi connectivity index (χ1v) is 7.07. The number of anilines is 1. The van der Waals surface area contributed by atoms with E-state index >= 15 is 0 Å². The third-order valence-electron chi connectivity index (χ3n) is 2.38. The maximum absolute atomic E-state index is 4.51. The van der Waals surface area contributed by atoms with Crippen LogP contribution in [-0.2, 0) is 0 Å². The lowest BCUT2D eigenvalue weighted by atomic mass is 10.4. The van der Waals surface area contributed by atoms with E-state index < -0.39 is 0 Å². The minimum absolute atomic E-state index is 0.654. The fourth-order valence-electron chi connectivity index (χ4n) is 1.54. The SMILES string of the molecule is CNc1nc(Sc2ccncc2)c2ccsc2n1. The Bertz CT molecular complexity index is 666. The number of hydrogen-bond donors (Lipinski definition) is 1. The summed E-state index contributed by atoms with van der Waals surface area (Å²) in [5, 5.41) is 7.10. The molecule has 0 unspecified atom stereocenters. The molecule has 6 heteroatoms. The van der Waals surface area contributed by atoms with Crippen LogP contribution in [-0.4, -0.2) is 22.0 Å². The zero-order valence-corrected chi connectivity index (χ0v) is 11.3. The fraction of sp³-hybridized carbons (Fsp3) is 0.0833. The predicted molar refractivity (Wildman–Crippen MR) is 75.3 cm³/mol. The predicted octanol–water partition coefficient (Wildman–Crippen LogP) is 3.28. The van der Waals surface area contributed by atoms with Crippen LogP contribution in [0.1, 0.15) is 0 Å². The molecule has 0 radical (unpaired) electrons. The average molecular weight is 274 g/mol. The van der Waals surface area contributed by atoms with Crippen LogP contribution in [0.5, 0.6) is 0 Å². The van der Waals surface area contributed by atoms with Crippen molar-refractivity contribution in [1.29, 1.82) is 0 Å². The molecule has 3 aromatic heterocycles. The van der Waals surface area contributed by atoms with Gasteiger partial charge in [0, 0.05) is 29.7 Å². The van der Waals surface area contributed by atoms with E-state index in [1.807, 2.05) is 24.6 Å². The van der Waals surface area contributed by atoms with E-state index in [1.165, 1.54) is 0 Å².